The Morgan fingerprint density at radius 1 is 1.21 bits per heavy atom. The average Bonchev–Trinajstić information content (AvgIpc) is 2.71. The molecule has 2 heteroatoms. The predicted molar refractivity (Wildman–Crippen MR) is 58.3 cm³/mol. The van der Waals surface area contributed by atoms with Gasteiger partial charge in [0, 0.05) is 0 Å². The van der Waals surface area contributed by atoms with E-state index in [1.54, 1.807) is 11.3 Å². The number of rotatable bonds is 2. The van der Waals surface area contributed by atoms with Gasteiger partial charge in [-0.25, -0.2) is 0 Å². The summed E-state index contributed by atoms with van der Waals surface area (Å²) in [5, 5.41) is 13.1. The maximum absolute atomic E-state index is 8.90. The van der Waals surface area contributed by atoms with Gasteiger partial charge in [-0.15, -0.1) is 0 Å². The second kappa shape index (κ2) is 4.08. The smallest absolute Gasteiger partial charge is 0.0994 e. The van der Waals surface area contributed by atoms with Gasteiger partial charge in [0.15, 0.2) is 0 Å². The average molecular weight is 199 g/mol. The van der Waals surface area contributed by atoms with E-state index in [-0.39, 0.29) is 0 Å². The van der Waals surface area contributed by atoms with E-state index < -0.39 is 0 Å². The zero-order chi connectivity index (χ0) is 9.80. The highest BCUT2D eigenvalue weighted by molar-refractivity contribution is 7.07. The van der Waals surface area contributed by atoms with E-state index in [2.05, 4.69) is 22.9 Å². The van der Waals surface area contributed by atoms with Crippen LogP contribution in [0.1, 0.15) is 16.7 Å². The molecule has 0 radical (unpaired) electrons. The van der Waals surface area contributed by atoms with Crippen LogP contribution in [-0.2, 0) is 6.42 Å². The summed E-state index contributed by atoms with van der Waals surface area (Å²) in [6.45, 7) is 0. The molecule has 0 aliphatic rings. The minimum Gasteiger partial charge on any atom is -0.192 e. The molecule has 0 atom stereocenters. The summed E-state index contributed by atoms with van der Waals surface area (Å²) in [5.41, 5.74) is 3.16. The largest absolute Gasteiger partial charge is 0.192 e. The number of thiophene rings is 1. The van der Waals surface area contributed by atoms with Crippen molar-refractivity contribution < 1.29 is 0 Å². The number of hydrogen-bond acceptors (Lipinski definition) is 2. The summed E-state index contributed by atoms with van der Waals surface area (Å²) < 4.78 is 0. The topological polar surface area (TPSA) is 23.8 Å². The number of benzene rings is 1. The summed E-state index contributed by atoms with van der Waals surface area (Å²) in [6.07, 6.45) is 0.854. The summed E-state index contributed by atoms with van der Waals surface area (Å²) in [5.74, 6) is 0. The summed E-state index contributed by atoms with van der Waals surface area (Å²) in [4.78, 5) is 0. The van der Waals surface area contributed by atoms with Crippen LogP contribution in [0.2, 0.25) is 0 Å². The molecule has 0 saturated carbocycles. The Kier molecular flexibility index (Phi) is 2.62. The molecule has 1 heterocycles. The third-order valence-corrected chi connectivity index (χ3v) is 2.84. The van der Waals surface area contributed by atoms with Crippen molar-refractivity contribution >= 4 is 11.3 Å². The fourth-order valence-corrected chi connectivity index (χ4v) is 2.07. The lowest BCUT2D eigenvalue weighted by Crippen LogP contribution is -1.89. The molecule has 14 heavy (non-hydrogen) atoms. The molecule has 0 aliphatic carbocycles. The van der Waals surface area contributed by atoms with E-state index in [4.69, 9.17) is 5.26 Å². The van der Waals surface area contributed by atoms with Crippen molar-refractivity contribution in [3.05, 3.63) is 57.8 Å². The van der Waals surface area contributed by atoms with Gasteiger partial charge in [-0.3, -0.25) is 0 Å². The molecule has 0 spiro atoms. The molecule has 0 amide bonds. The molecule has 68 valence electrons. The van der Waals surface area contributed by atoms with Crippen molar-refractivity contribution in [1.29, 1.82) is 5.26 Å². The number of nitriles is 1. The van der Waals surface area contributed by atoms with Crippen LogP contribution in [0.4, 0.5) is 0 Å². The first-order valence-electron chi connectivity index (χ1n) is 4.39. The minimum atomic E-state index is 0.777. The van der Waals surface area contributed by atoms with Gasteiger partial charge in [0.25, 0.3) is 0 Å². The van der Waals surface area contributed by atoms with Crippen LogP contribution < -0.4 is 0 Å². The normalized spacial score (nSPS) is 9.64. The Labute approximate surface area is 87.3 Å². The zero-order valence-corrected chi connectivity index (χ0v) is 8.42. The van der Waals surface area contributed by atoms with E-state index in [1.165, 1.54) is 5.56 Å². The molecule has 0 N–H and O–H groups in total. The molecule has 1 aromatic carbocycles. The van der Waals surface area contributed by atoms with Crippen LogP contribution >= 0.6 is 11.3 Å². The molecule has 0 fully saturated rings. The Bertz CT molecular complexity index is 451. The molecule has 1 aromatic heterocycles. The van der Waals surface area contributed by atoms with Gasteiger partial charge >= 0.3 is 0 Å². The quantitative estimate of drug-likeness (QED) is 0.728. The summed E-state index contributed by atoms with van der Waals surface area (Å²) in [6, 6.07) is 12.1. The van der Waals surface area contributed by atoms with Gasteiger partial charge < -0.3 is 0 Å². The van der Waals surface area contributed by atoms with E-state index in [9.17, 15) is 0 Å². The number of hydrogen-bond donors (Lipinski definition) is 0. The van der Waals surface area contributed by atoms with Crippen LogP contribution in [0.3, 0.4) is 0 Å². The Hall–Kier alpha value is -1.59. The molecule has 0 saturated heterocycles. The molecule has 0 aliphatic heterocycles. The van der Waals surface area contributed by atoms with Crippen LogP contribution in [0.5, 0.6) is 0 Å². The lowest BCUT2D eigenvalue weighted by molar-refractivity contribution is 1.19. The van der Waals surface area contributed by atoms with Crippen molar-refractivity contribution in [2.45, 2.75) is 6.42 Å². The van der Waals surface area contributed by atoms with E-state index in [0.29, 0.717) is 0 Å². The molecule has 0 bridgehead atoms. The SMILES string of the molecule is N#Cc1ccccc1Cc1ccsc1. The zero-order valence-electron chi connectivity index (χ0n) is 7.60. The van der Waals surface area contributed by atoms with Gasteiger partial charge in [0.1, 0.15) is 0 Å². The first-order chi connectivity index (χ1) is 6.90. The molecule has 2 rings (SSSR count). The lowest BCUT2D eigenvalue weighted by atomic mass is 10.0. The fourth-order valence-electron chi connectivity index (χ4n) is 1.40. The first kappa shape index (κ1) is 8.98. The highest BCUT2D eigenvalue weighted by Crippen LogP contribution is 2.15. The molecule has 1 nitrogen and oxygen atoms in total. The van der Waals surface area contributed by atoms with Gasteiger partial charge in [-0.2, -0.15) is 16.6 Å². The standard InChI is InChI=1S/C12H9NS/c13-8-12-4-2-1-3-11(12)7-10-5-6-14-9-10/h1-6,9H,7H2. The van der Waals surface area contributed by atoms with Crippen molar-refractivity contribution in [1.82, 2.24) is 0 Å². The van der Waals surface area contributed by atoms with Crippen LogP contribution in [0.15, 0.2) is 41.1 Å². The number of nitrogens with zero attached hydrogens (tertiary/aromatic N) is 1. The van der Waals surface area contributed by atoms with E-state index >= 15 is 0 Å². The van der Waals surface area contributed by atoms with E-state index in [1.807, 2.05) is 24.3 Å². The first-order valence-corrected chi connectivity index (χ1v) is 5.33. The van der Waals surface area contributed by atoms with Crippen LogP contribution in [0.25, 0.3) is 0 Å². The van der Waals surface area contributed by atoms with Crippen LogP contribution in [-0.4, -0.2) is 0 Å². The van der Waals surface area contributed by atoms with Crippen molar-refractivity contribution in [3.63, 3.8) is 0 Å². The van der Waals surface area contributed by atoms with Gasteiger partial charge in [-0.05, 0) is 40.4 Å². The highest BCUT2D eigenvalue weighted by atomic mass is 32.1. The summed E-state index contributed by atoms with van der Waals surface area (Å²) in [7, 11) is 0. The Morgan fingerprint density at radius 2 is 2.07 bits per heavy atom. The maximum Gasteiger partial charge on any atom is 0.0994 e. The minimum absolute atomic E-state index is 0.777. The monoisotopic (exact) mass is 199 g/mol. The van der Waals surface area contributed by atoms with Crippen LogP contribution in [0, 0.1) is 11.3 Å². The maximum atomic E-state index is 8.90. The summed E-state index contributed by atoms with van der Waals surface area (Å²) >= 11 is 1.69. The second-order valence-corrected chi connectivity index (χ2v) is 3.86. The van der Waals surface area contributed by atoms with Gasteiger partial charge in [-0.1, -0.05) is 18.2 Å². The van der Waals surface area contributed by atoms with Crippen molar-refractivity contribution in [3.8, 4) is 6.07 Å². The third kappa shape index (κ3) is 1.84. The van der Waals surface area contributed by atoms with Crippen molar-refractivity contribution in [2.24, 2.45) is 0 Å². The molecular formula is C12H9NS. The Morgan fingerprint density at radius 3 is 2.79 bits per heavy atom. The second-order valence-electron chi connectivity index (χ2n) is 3.08. The molecular weight excluding hydrogens is 190 g/mol. The molecule has 0 unspecified atom stereocenters. The third-order valence-electron chi connectivity index (χ3n) is 2.11. The predicted octanol–water partition coefficient (Wildman–Crippen LogP) is 3.21. The lowest BCUT2D eigenvalue weighted by Gasteiger charge is -2.00. The molecule has 2 aromatic rings. The highest BCUT2D eigenvalue weighted by Gasteiger charge is 2.01. The Balaban J connectivity index is 2.30. The van der Waals surface area contributed by atoms with Gasteiger partial charge in [0.2, 0.25) is 0 Å². The van der Waals surface area contributed by atoms with Crippen molar-refractivity contribution in [2.75, 3.05) is 0 Å². The fraction of sp³-hybridized carbons (Fsp3) is 0.0833. The van der Waals surface area contributed by atoms with Gasteiger partial charge in [0.05, 0.1) is 11.6 Å². The van der Waals surface area contributed by atoms with E-state index in [0.717, 1.165) is 17.5 Å².